The lowest BCUT2D eigenvalue weighted by Gasteiger charge is -2.14. The Labute approximate surface area is 813 Å². The average molecular weight is 1810 g/mol. The van der Waals surface area contributed by atoms with Crippen LogP contribution in [0.3, 0.4) is 0 Å². The Bertz CT molecular complexity index is 10200. The van der Waals surface area contributed by atoms with Gasteiger partial charge in [0.1, 0.15) is 22.4 Å². The third-order valence-electron chi connectivity index (χ3n) is 28.3. The van der Waals surface area contributed by atoms with Crippen molar-refractivity contribution in [2.24, 2.45) is 0 Å². The zero-order chi connectivity index (χ0) is 93.4. The van der Waals surface area contributed by atoms with E-state index in [9.17, 15) is 0 Å². The maximum Gasteiger partial charge on any atom is 0.235 e. The van der Waals surface area contributed by atoms with Crippen molar-refractivity contribution >= 4 is 175 Å². The number of pyridine rings is 1. The van der Waals surface area contributed by atoms with Crippen LogP contribution in [0.15, 0.2) is 500 Å². The SMILES string of the molecule is c1ccc(-c2cc(-c3ccccc3)nc(-c3ccc(-n4c5ccccc5c5c6ccccc6c6c7ccccc7oc6c54)cc3)c2)cc1.c1ccc(-c2ccc(-c3nc(-n4c5ccccc5c5c6oc7ccccc7c6ccc54)nc4ccccc34)cc2)cc1.c1ccc(-c2nc3ccccc3nc2-n2c3ccccc3c3cc(-c4ccc5c(c4)c4c6ccccc6ccc4n5-c4ccccc4)ccc32)cc1. The quantitative estimate of drug-likeness (QED) is 0.127. The molecule has 0 radical (unpaired) electrons. The number of para-hydroxylation sites is 9. The molecule has 0 aliphatic rings. The second-order valence-corrected chi connectivity index (χ2v) is 36.4. The highest BCUT2D eigenvalue weighted by Gasteiger charge is 2.28. The van der Waals surface area contributed by atoms with Gasteiger partial charge < -0.3 is 18.0 Å². The first-order chi connectivity index (χ1) is 70.4. The van der Waals surface area contributed by atoms with Crippen LogP contribution >= 0.6 is 0 Å². The summed E-state index contributed by atoms with van der Waals surface area (Å²) in [5.41, 5.74) is 32.3. The molecule has 11 nitrogen and oxygen atoms in total. The van der Waals surface area contributed by atoms with E-state index in [1.165, 1.54) is 92.7 Å². The van der Waals surface area contributed by atoms with Crippen molar-refractivity contribution < 1.29 is 8.83 Å². The lowest BCUT2D eigenvalue weighted by Crippen LogP contribution is -2.03. The fourth-order valence-corrected chi connectivity index (χ4v) is 21.8. The molecule has 0 spiro atoms. The molecule has 9 aromatic heterocycles. The molecule has 0 bridgehead atoms. The molecule has 0 aliphatic carbocycles. The number of aromatic nitrogens is 9. The second kappa shape index (κ2) is 33.4. The molecule has 30 rings (SSSR count). The molecule has 0 aliphatic heterocycles. The third-order valence-corrected chi connectivity index (χ3v) is 28.3. The molecular formula is C131H81N9O2. The summed E-state index contributed by atoms with van der Waals surface area (Å²) in [6.45, 7) is 0. The standard InChI is InChI=1S/C48H30N4.C45H28N2O.C38H23N3O/c1-3-14-32(15-4-1)47-48(50-41-21-11-10-20-40(41)49-47)52-42-22-12-9-19-37(42)38-29-33(24-26-43(38)52)34-25-27-44-39(30-34)46-36-18-8-7-13-31(36)23-28-45(46)51(44)35-16-5-2-6-17-35;1-3-13-29(14-4-1)32-27-38(30-15-5-2-6-16-30)46-39(28-32)31-23-25-33(26-24-31)47-40-21-11-9-19-36(40)42-34-17-7-8-18-35(34)43-37-20-10-12-22-41(37)48-45(43)44(42)47;1-2-10-24(11-3-1)25-18-20-26(21-19-25)36-29-13-4-7-15-31(29)39-38(40-36)41-32-16-8-5-14-30(32)35-33(41)23-22-28-27-12-6-9-17-34(27)42-37(28)35/h1-30H;1-28H;1-23H. The normalized spacial score (nSPS) is 11.8. The van der Waals surface area contributed by atoms with E-state index in [4.69, 9.17) is 33.8 Å². The molecular weight excluding hydrogens is 1730 g/mol. The second-order valence-electron chi connectivity index (χ2n) is 36.4. The summed E-state index contributed by atoms with van der Waals surface area (Å²) < 4.78 is 22.4. The summed E-state index contributed by atoms with van der Waals surface area (Å²) in [6.07, 6.45) is 0. The number of hydrogen-bond acceptors (Lipinski definition) is 7. The topological polar surface area (TPSA) is 110 Å². The molecule has 0 atom stereocenters. The minimum atomic E-state index is 0.637. The van der Waals surface area contributed by atoms with Crippen LogP contribution in [0.5, 0.6) is 0 Å². The molecule has 0 unspecified atom stereocenters. The molecule has 0 fully saturated rings. The highest BCUT2D eigenvalue weighted by molar-refractivity contribution is 6.35. The third kappa shape index (κ3) is 13.4. The van der Waals surface area contributed by atoms with Gasteiger partial charge in [-0.2, -0.15) is 0 Å². The van der Waals surface area contributed by atoms with E-state index in [-0.39, 0.29) is 0 Å². The Hall–Kier alpha value is -19.2. The van der Waals surface area contributed by atoms with Crippen molar-refractivity contribution in [2.75, 3.05) is 0 Å². The first-order valence-corrected chi connectivity index (χ1v) is 48.1. The van der Waals surface area contributed by atoms with Gasteiger partial charge in [-0.25, -0.2) is 24.9 Å². The number of hydrogen-bond donors (Lipinski definition) is 0. The van der Waals surface area contributed by atoms with Crippen LogP contribution in [-0.4, -0.2) is 43.2 Å². The Balaban J connectivity index is 0.000000105. The fraction of sp³-hybridized carbons (Fsp3) is 0. The number of rotatable bonds is 11. The Morgan fingerprint density at radius 3 is 1.27 bits per heavy atom. The highest BCUT2D eigenvalue weighted by atomic mass is 16.3. The van der Waals surface area contributed by atoms with Gasteiger partial charge in [0.25, 0.3) is 0 Å². The number of fused-ring (bicyclic) bond motifs is 27. The van der Waals surface area contributed by atoms with Crippen LogP contribution in [0, 0.1) is 0 Å². The largest absolute Gasteiger partial charge is 0.455 e. The Morgan fingerprint density at radius 2 is 0.599 bits per heavy atom. The van der Waals surface area contributed by atoms with Gasteiger partial charge in [0, 0.05) is 98.3 Å². The van der Waals surface area contributed by atoms with Gasteiger partial charge in [0.05, 0.1) is 83.2 Å². The summed E-state index contributed by atoms with van der Waals surface area (Å²) >= 11 is 0. The molecule has 21 aromatic carbocycles. The van der Waals surface area contributed by atoms with Gasteiger partial charge in [-0.15, -0.1) is 0 Å². The van der Waals surface area contributed by atoms with E-state index in [2.05, 4.69) is 437 Å². The van der Waals surface area contributed by atoms with E-state index in [0.717, 1.165) is 177 Å². The maximum atomic E-state index is 6.74. The first kappa shape index (κ1) is 81.2. The predicted molar refractivity (Wildman–Crippen MR) is 588 cm³/mol. The van der Waals surface area contributed by atoms with Crippen molar-refractivity contribution in [3.8, 4) is 102 Å². The van der Waals surface area contributed by atoms with Crippen LogP contribution in [0.25, 0.3) is 276 Å². The zero-order valence-electron chi connectivity index (χ0n) is 76.6. The van der Waals surface area contributed by atoms with E-state index in [1.54, 1.807) is 0 Å². The lowest BCUT2D eigenvalue weighted by molar-refractivity contribution is 0.671. The molecule has 0 saturated carbocycles. The molecule has 30 aromatic rings. The van der Waals surface area contributed by atoms with Crippen molar-refractivity contribution in [3.05, 3.63) is 491 Å². The van der Waals surface area contributed by atoms with E-state index >= 15 is 0 Å². The summed E-state index contributed by atoms with van der Waals surface area (Å²) in [7, 11) is 0. The van der Waals surface area contributed by atoms with Crippen LogP contribution < -0.4 is 0 Å². The molecule has 11 heteroatoms. The molecule has 142 heavy (non-hydrogen) atoms. The summed E-state index contributed by atoms with van der Waals surface area (Å²) in [5, 5.41) is 20.0. The number of nitrogens with zero attached hydrogens (tertiary/aromatic N) is 9. The Kier molecular flexibility index (Phi) is 19.1. The van der Waals surface area contributed by atoms with Crippen LogP contribution in [-0.2, 0) is 0 Å². The smallest absolute Gasteiger partial charge is 0.235 e. The van der Waals surface area contributed by atoms with Gasteiger partial charge in [-0.3, -0.25) is 9.13 Å². The molecule has 662 valence electrons. The highest BCUT2D eigenvalue weighted by Crippen LogP contribution is 2.49. The summed E-state index contributed by atoms with van der Waals surface area (Å²) in [4.78, 5) is 26.0. The van der Waals surface area contributed by atoms with Gasteiger partial charge in [0.15, 0.2) is 11.4 Å². The number of benzene rings is 21. The summed E-state index contributed by atoms with van der Waals surface area (Å²) in [6, 6.07) is 173. The fourth-order valence-electron chi connectivity index (χ4n) is 21.8. The van der Waals surface area contributed by atoms with E-state index < -0.39 is 0 Å². The average Bonchev–Trinajstić information content (AvgIpc) is 1.55. The minimum absolute atomic E-state index is 0.637. The maximum absolute atomic E-state index is 6.74. The Morgan fingerprint density at radius 1 is 0.176 bits per heavy atom. The molecule has 0 amide bonds. The van der Waals surface area contributed by atoms with Crippen molar-refractivity contribution in [1.29, 1.82) is 0 Å². The van der Waals surface area contributed by atoms with Crippen LogP contribution in [0.4, 0.5) is 0 Å². The predicted octanol–water partition coefficient (Wildman–Crippen LogP) is 34.5. The molecule has 9 heterocycles. The van der Waals surface area contributed by atoms with Gasteiger partial charge in [-0.05, 0) is 182 Å². The monoisotopic (exact) mass is 1810 g/mol. The van der Waals surface area contributed by atoms with Crippen LogP contribution in [0.2, 0.25) is 0 Å². The van der Waals surface area contributed by atoms with Gasteiger partial charge in [-0.1, -0.05) is 364 Å². The molecule has 0 saturated heterocycles. The minimum Gasteiger partial charge on any atom is -0.455 e. The summed E-state index contributed by atoms with van der Waals surface area (Å²) in [5.74, 6) is 1.46. The van der Waals surface area contributed by atoms with Crippen molar-refractivity contribution in [1.82, 2.24) is 43.2 Å². The first-order valence-electron chi connectivity index (χ1n) is 48.1. The van der Waals surface area contributed by atoms with E-state index in [1.807, 2.05) is 72.8 Å². The van der Waals surface area contributed by atoms with Crippen LogP contribution in [0.1, 0.15) is 0 Å². The van der Waals surface area contributed by atoms with Crippen molar-refractivity contribution in [2.45, 2.75) is 0 Å². The van der Waals surface area contributed by atoms with Crippen molar-refractivity contribution in [3.63, 3.8) is 0 Å². The zero-order valence-corrected chi connectivity index (χ0v) is 76.6. The van der Waals surface area contributed by atoms with Gasteiger partial charge in [0.2, 0.25) is 5.95 Å². The van der Waals surface area contributed by atoms with E-state index in [0.29, 0.717) is 5.95 Å². The number of furan rings is 2. The molecule has 0 N–H and O–H groups in total. The lowest BCUT2D eigenvalue weighted by atomic mass is 9.99. The van der Waals surface area contributed by atoms with Gasteiger partial charge >= 0.3 is 0 Å².